The van der Waals surface area contributed by atoms with Crippen molar-refractivity contribution in [2.75, 3.05) is 43.5 Å². The number of hydrogen-bond donors (Lipinski definition) is 2. The van der Waals surface area contributed by atoms with Crippen LogP contribution in [0.3, 0.4) is 0 Å². The quantitative estimate of drug-likeness (QED) is 0.581. The van der Waals surface area contributed by atoms with E-state index in [0.29, 0.717) is 32.1 Å². The number of aromatic nitrogens is 1. The Morgan fingerprint density at radius 1 is 1.21 bits per heavy atom. The number of nitrogens with one attached hydrogen (secondary N) is 2. The maximum absolute atomic E-state index is 12.3. The number of benzene rings is 1. The first kappa shape index (κ1) is 19.6. The van der Waals surface area contributed by atoms with Crippen molar-refractivity contribution in [3.05, 3.63) is 51.6 Å². The molecule has 1 aliphatic heterocycles. The molecule has 1 amide bonds. The van der Waals surface area contributed by atoms with Gasteiger partial charge in [0.2, 0.25) is 11.7 Å². The first-order chi connectivity index (χ1) is 13.4. The van der Waals surface area contributed by atoms with E-state index in [0.717, 1.165) is 16.8 Å². The molecule has 2 heterocycles. The molecule has 2 N–H and O–H groups in total. The van der Waals surface area contributed by atoms with E-state index in [1.165, 1.54) is 6.07 Å². The van der Waals surface area contributed by atoms with Crippen molar-refractivity contribution in [3.8, 4) is 0 Å². The number of carbonyl (C=O) groups is 1. The van der Waals surface area contributed by atoms with Crippen LogP contribution in [0.25, 0.3) is 0 Å². The summed E-state index contributed by atoms with van der Waals surface area (Å²) in [6.07, 6.45) is 0. The highest BCUT2D eigenvalue weighted by Crippen LogP contribution is 2.26. The predicted molar refractivity (Wildman–Crippen MR) is 106 cm³/mol. The SMILES string of the molecule is Cc1cc(C)cc(Nc2ccc([N+](=O)[O-])c(NCC(=O)N3CCOCC3)n2)c1. The number of hydrogen-bond acceptors (Lipinski definition) is 7. The molecule has 0 spiro atoms. The van der Waals surface area contributed by atoms with Crippen molar-refractivity contribution in [2.24, 2.45) is 0 Å². The van der Waals surface area contributed by atoms with Crippen LogP contribution in [0.5, 0.6) is 0 Å². The van der Waals surface area contributed by atoms with Crippen LogP contribution in [0.4, 0.5) is 23.0 Å². The molecule has 0 bridgehead atoms. The summed E-state index contributed by atoms with van der Waals surface area (Å²) in [6, 6.07) is 8.90. The van der Waals surface area contributed by atoms with Gasteiger partial charge in [0.15, 0.2) is 0 Å². The molecule has 28 heavy (non-hydrogen) atoms. The van der Waals surface area contributed by atoms with Crippen molar-refractivity contribution in [2.45, 2.75) is 13.8 Å². The summed E-state index contributed by atoms with van der Waals surface area (Å²) in [5, 5.41) is 17.3. The molecular formula is C19H23N5O4. The zero-order valence-electron chi connectivity index (χ0n) is 15.9. The normalized spacial score (nSPS) is 13.9. The third-order valence-corrected chi connectivity index (χ3v) is 4.34. The Balaban J connectivity index is 1.75. The lowest BCUT2D eigenvalue weighted by Crippen LogP contribution is -2.43. The summed E-state index contributed by atoms with van der Waals surface area (Å²) in [4.78, 5) is 29.1. The lowest BCUT2D eigenvalue weighted by molar-refractivity contribution is -0.384. The molecule has 3 rings (SSSR count). The molecule has 1 aromatic carbocycles. The van der Waals surface area contributed by atoms with Crippen LogP contribution < -0.4 is 10.6 Å². The van der Waals surface area contributed by atoms with E-state index >= 15 is 0 Å². The smallest absolute Gasteiger partial charge is 0.311 e. The first-order valence-corrected chi connectivity index (χ1v) is 9.02. The van der Waals surface area contributed by atoms with E-state index in [9.17, 15) is 14.9 Å². The second-order valence-corrected chi connectivity index (χ2v) is 6.67. The predicted octanol–water partition coefficient (Wildman–Crippen LogP) is 2.62. The third-order valence-electron chi connectivity index (χ3n) is 4.34. The molecule has 1 fully saturated rings. The molecule has 1 saturated heterocycles. The molecule has 0 saturated carbocycles. The van der Waals surface area contributed by atoms with Gasteiger partial charge >= 0.3 is 5.69 Å². The monoisotopic (exact) mass is 385 g/mol. The van der Waals surface area contributed by atoms with Crippen molar-refractivity contribution in [1.82, 2.24) is 9.88 Å². The number of aryl methyl sites for hydroxylation is 2. The zero-order valence-corrected chi connectivity index (χ0v) is 15.9. The van der Waals surface area contributed by atoms with E-state index in [4.69, 9.17) is 4.74 Å². The average Bonchev–Trinajstić information content (AvgIpc) is 2.66. The largest absolute Gasteiger partial charge is 0.378 e. The van der Waals surface area contributed by atoms with Crippen molar-refractivity contribution in [1.29, 1.82) is 0 Å². The number of anilines is 3. The Morgan fingerprint density at radius 3 is 2.54 bits per heavy atom. The van der Waals surface area contributed by atoms with E-state index in [1.807, 2.05) is 26.0 Å². The van der Waals surface area contributed by atoms with Crippen molar-refractivity contribution < 1.29 is 14.5 Å². The molecule has 1 aromatic heterocycles. The Morgan fingerprint density at radius 2 is 1.89 bits per heavy atom. The van der Waals surface area contributed by atoms with E-state index in [2.05, 4.69) is 21.7 Å². The molecule has 2 aromatic rings. The molecule has 0 unspecified atom stereocenters. The summed E-state index contributed by atoms with van der Waals surface area (Å²) in [6.45, 7) is 5.95. The lowest BCUT2D eigenvalue weighted by atomic mass is 10.1. The van der Waals surface area contributed by atoms with Crippen LogP contribution in [0.1, 0.15) is 11.1 Å². The number of amides is 1. The number of morpholine rings is 1. The number of rotatable bonds is 6. The van der Waals surface area contributed by atoms with E-state index < -0.39 is 4.92 Å². The van der Waals surface area contributed by atoms with Crippen molar-refractivity contribution in [3.63, 3.8) is 0 Å². The van der Waals surface area contributed by atoms with Crippen LogP contribution in [0.2, 0.25) is 0 Å². The Bertz CT molecular complexity index is 860. The number of nitrogens with zero attached hydrogens (tertiary/aromatic N) is 3. The van der Waals surface area contributed by atoms with Gasteiger partial charge in [0.1, 0.15) is 5.82 Å². The van der Waals surface area contributed by atoms with Crippen LogP contribution in [0, 0.1) is 24.0 Å². The fraction of sp³-hybridized carbons (Fsp3) is 0.368. The van der Waals surface area contributed by atoms with Gasteiger partial charge in [0.25, 0.3) is 0 Å². The minimum absolute atomic E-state index is 0.0565. The van der Waals surface area contributed by atoms with Crippen LogP contribution in [-0.2, 0) is 9.53 Å². The van der Waals surface area contributed by atoms with Gasteiger partial charge in [-0.25, -0.2) is 4.98 Å². The molecule has 1 aliphatic rings. The van der Waals surface area contributed by atoms with Crippen LogP contribution in [-0.4, -0.2) is 53.6 Å². The second kappa shape index (κ2) is 8.66. The summed E-state index contributed by atoms with van der Waals surface area (Å²) in [5.41, 5.74) is 2.85. The standard InChI is InChI=1S/C19H23N5O4/c1-13-9-14(2)11-15(10-13)21-17-4-3-16(24(26)27)19(22-17)20-12-18(25)23-5-7-28-8-6-23/h3-4,9-11H,5-8,12H2,1-2H3,(H2,20,21,22). The minimum atomic E-state index is -0.519. The highest BCUT2D eigenvalue weighted by Gasteiger charge is 2.20. The summed E-state index contributed by atoms with van der Waals surface area (Å²) < 4.78 is 5.23. The molecule has 9 nitrogen and oxygen atoms in total. The molecule has 0 radical (unpaired) electrons. The van der Waals surface area contributed by atoms with Gasteiger partial charge in [-0.2, -0.15) is 0 Å². The Kier molecular flexibility index (Phi) is 6.05. The maximum atomic E-state index is 12.3. The van der Waals surface area contributed by atoms with Gasteiger partial charge < -0.3 is 20.3 Å². The number of carbonyl (C=O) groups excluding carboxylic acids is 1. The van der Waals surface area contributed by atoms with Gasteiger partial charge in [-0.15, -0.1) is 0 Å². The topological polar surface area (TPSA) is 110 Å². The zero-order chi connectivity index (χ0) is 20.1. The minimum Gasteiger partial charge on any atom is -0.378 e. The summed E-state index contributed by atoms with van der Waals surface area (Å²) >= 11 is 0. The van der Waals surface area contributed by atoms with Gasteiger partial charge in [0.05, 0.1) is 24.7 Å². The average molecular weight is 385 g/mol. The molecule has 0 aliphatic carbocycles. The third kappa shape index (κ3) is 4.95. The molecule has 0 atom stereocenters. The second-order valence-electron chi connectivity index (χ2n) is 6.67. The highest BCUT2D eigenvalue weighted by molar-refractivity contribution is 5.81. The highest BCUT2D eigenvalue weighted by atomic mass is 16.6. The maximum Gasteiger partial charge on any atom is 0.311 e. The Hall–Kier alpha value is -3.20. The van der Waals surface area contributed by atoms with E-state index in [1.54, 1.807) is 11.0 Å². The van der Waals surface area contributed by atoms with Crippen LogP contribution in [0.15, 0.2) is 30.3 Å². The van der Waals surface area contributed by atoms with E-state index in [-0.39, 0.29) is 24.0 Å². The van der Waals surface area contributed by atoms with Crippen molar-refractivity contribution >= 4 is 28.9 Å². The summed E-state index contributed by atoms with van der Waals surface area (Å²) in [5.74, 6) is 0.366. The number of nitro groups is 1. The van der Waals surface area contributed by atoms with Crippen LogP contribution >= 0.6 is 0 Å². The fourth-order valence-electron chi connectivity index (χ4n) is 3.08. The van der Waals surface area contributed by atoms with Gasteiger partial charge in [-0.05, 0) is 43.2 Å². The molecular weight excluding hydrogens is 362 g/mol. The first-order valence-electron chi connectivity index (χ1n) is 9.02. The summed E-state index contributed by atoms with van der Waals surface area (Å²) in [7, 11) is 0. The van der Waals surface area contributed by atoms with Gasteiger partial charge in [0, 0.05) is 24.8 Å². The molecule has 148 valence electrons. The van der Waals surface area contributed by atoms with Gasteiger partial charge in [-0.1, -0.05) is 6.07 Å². The molecule has 9 heteroatoms. The lowest BCUT2D eigenvalue weighted by Gasteiger charge is -2.26. The van der Waals surface area contributed by atoms with Gasteiger partial charge in [-0.3, -0.25) is 14.9 Å². The number of ether oxygens (including phenoxy) is 1. The number of pyridine rings is 1. The fourth-order valence-corrected chi connectivity index (χ4v) is 3.08. The Labute approximate surface area is 162 Å².